The third-order valence-corrected chi connectivity index (χ3v) is 3.62. The summed E-state index contributed by atoms with van der Waals surface area (Å²) in [4.78, 5) is 1.17. The van der Waals surface area contributed by atoms with Crippen LogP contribution in [-0.2, 0) is 29.4 Å². The molecule has 2 aromatic rings. The number of aromatic nitrogens is 4. The Morgan fingerprint density at radius 2 is 2.00 bits per heavy atom. The third-order valence-electron chi connectivity index (χ3n) is 2.44. The van der Waals surface area contributed by atoms with Gasteiger partial charge in [0, 0.05) is 6.54 Å². The minimum Gasteiger partial charge on any atom is -0.326 e. The molecule has 0 saturated heterocycles. The van der Waals surface area contributed by atoms with Crippen LogP contribution < -0.4 is 10.5 Å². The Labute approximate surface area is 110 Å². The number of rotatable bonds is 5. The van der Waals surface area contributed by atoms with Gasteiger partial charge in [-0.25, -0.2) is 13.1 Å². The van der Waals surface area contributed by atoms with Gasteiger partial charge in [-0.15, -0.1) is 5.10 Å². The summed E-state index contributed by atoms with van der Waals surface area (Å²) in [6.07, 6.45) is 0. The molecule has 0 atom stereocenters. The molecular weight excluding hydrogens is 268 g/mol. The van der Waals surface area contributed by atoms with Crippen molar-refractivity contribution in [2.75, 3.05) is 4.72 Å². The maximum Gasteiger partial charge on any atom is 0.276 e. The van der Waals surface area contributed by atoms with Crippen molar-refractivity contribution >= 4 is 16.0 Å². The number of aryl methyl sites for hydroxylation is 1. The fraction of sp³-hybridized carbons (Fsp3) is 0.300. The van der Waals surface area contributed by atoms with E-state index in [1.165, 1.54) is 4.80 Å². The molecule has 8 nitrogen and oxygen atoms in total. The minimum atomic E-state index is -3.59. The summed E-state index contributed by atoms with van der Waals surface area (Å²) in [6, 6.07) is 7.11. The van der Waals surface area contributed by atoms with Gasteiger partial charge in [0.1, 0.15) is 0 Å². The van der Waals surface area contributed by atoms with E-state index < -0.39 is 10.0 Å². The van der Waals surface area contributed by atoms with E-state index in [0.717, 1.165) is 5.56 Å². The lowest BCUT2D eigenvalue weighted by Gasteiger charge is -2.08. The average molecular weight is 282 g/mol. The van der Waals surface area contributed by atoms with Crippen LogP contribution in [0.4, 0.5) is 5.95 Å². The number of nitrogens with two attached hydrogens (primary N) is 1. The summed E-state index contributed by atoms with van der Waals surface area (Å²) in [5, 5.41) is 10.9. The maximum atomic E-state index is 12.0. The molecule has 0 bridgehead atoms. The Morgan fingerprint density at radius 3 is 2.58 bits per heavy atom. The van der Waals surface area contributed by atoms with Gasteiger partial charge in [0.2, 0.25) is 10.0 Å². The molecule has 0 spiro atoms. The van der Waals surface area contributed by atoms with Crippen molar-refractivity contribution in [3.05, 3.63) is 35.4 Å². The fourth-order valence-corrected chi connectivity index (χ4v) is 2.73. The van der Waals surface area contributed by atoms with Crippen LogP contribution in [0.5, 0.6) is 0 Å². The second kappa shape index (κ2) is 5.33. The first kappa shape index (κ1) is 13.4. The van der Waals surface area contributed by atoms with Gasteiger partial charge in [0.05, 0.1) is 12.8 Å². The molecule has 0 unspecified atom stereocenters. The highest BCUT2D eigenvalue weighted by atomic mass is 32.2. The first-order chi connectivity index (χ1) is 9.00. The summed E-state index contributed by atoms with van der Waals surface area (Å²) < 4.78 is 26.2. The molecule has 1 aromatic heterocycles. The topological polar surface area (TPSA) is 116 Å². The van der Waals surface area contributed by atoms with E-state index in [2.05, 4.69) is 20.1 Å². The zero-order valence-corrected chi connectivity index (χ0v) is 11.1. The quantitative estimate of drug-likeness (QED) is 0.771. The normalized spacial score (nSPS) is 11.5. The number of nitrogens with one attached hydrogen (secondary N) is 1. The van der Waals surface area contributed by atoms with E-state index in [4.69, 9.17) is 5.73 Å². The van der Waals surface area contributed by atoms with Crippen LogP contribution in [0.15, 0.2) is 24.3 Å². The van der Waals surface area contributed by atoms with Gasteiger partial charge in [-0.2, -0.15) is 4.80 Å². The van der Waals surface area contributed by atoms with Gasteiger partial charge in [-0.05, 0) is 16.3 Å². The van der Waals surface area contributed by atoms with E-state index >= 15 is 0 Å². The molecule has 1 aromatic carbocycles. The summed E-state index contributed by atoms with van der Waals surface area (Å²) in [5.74, 6) is -0.230. The number of tetrazole rings is 1. The van der Waals surface area contributed by atoms with Crippen molar-refractivity contribution in [3.8, 4) is 0 Å². The molecular formula is C10H14N6O2S. The van der Waals surface area contributed by atoms with Crippen molar-refractivity contribution in [3.63, 3.8) is 0 Å². The van der Waals surface area contributed by atoms with E-state index in [0.29, 0.717) is 5.56 Å². The number of nitrogens with zero attached hydrogens (tertiary/aromatic N) is 4. The van der Waals surface area contributed by atoms with Crippen LogP contribution in [0.1, 0.15) is 11.1 Å². The molecule has 0 amide bonds. The number of anilines is 1. The van der Waals surface area contributed by atoms with Crippen molar-refractivity contribution in [2.24, 2.45) is 12.8 Å². The lowest BCUT2D eigenvalue weighted by atomic mass is 10.1. The molecule has 0 radical (unpaired) electrons. The molecule has 1 heterocycles. The standard InChI is InChI=1S/C10H14N6O2S/c1-16-13-10(12-15-16)14-19(17,18)7-9-5-3-2-4-8(9)6-11/h2-5H,6-7,11H2,1H3,(H,13,14). The molecule has 9 heteroatoms. The first-order valence-electron chi connectivity index (χ1n) is 5.51. The Bertz CT molecular complexity index is 666. The molecule has 0 aliphatic rings. The lowest BCUT2D eigenvalue weighted by molar-refractivity contribution is 0.599. The second-order valence-corrected chi connectivity index (χ2v) is 5.66. The maximum absolute atomic E-state index is 12.0. The van der Waals surface area contributed by atoms with Gasteiger partial charge in [-0.3, -0.25) is 0 Å². The monoisotopic (exact) mass is 282 g/mol. The highest BCUT2D eigenvalue weighted by molar-refractivity contribution is 7.91. The molecule has 0 aliphatic carbocycles. The largest absolute Gasteiger partial charge is 0.326 e. The van der Waals surface area contributed by atoms with E-state index in [-0.39, 0.29) is 18.2 Å². The molecule has 0 saturated carbocycles. The van der Waals surface area contributed by atoms with Gasteiger partial charge in [0.15, 0.2) is 0 Å². The molecule has 0 fully saturated rings. The molecule has 2 rings (SSSR count). The van der Waals surface area contributed by atoms with Crippen LogP contribution in [-0.4, -0.2) is 28.6 Å². The summed E-state index contributed by atoms with van der Waals surface area (Å²) in [7, 11) is -2.04. The number of benzene rings is 1. The van der Waals surface area contributed by atoms with Gasteiger partial charge in [-0.1, -0.05) is 29.4 Å². The van der Waals surface area contributed by atoms with Gasteiger partial charge >= 0.3 is 0 Å². The average Bonchev–Trinajstić information content (AvgIpc) is 2.74. The Balaban J connectivity index is 2.17. The van der Waals surface area contributed by atoms with Crippen molar-refractivity contribution < 1.29 is 8.42 Å². The van der Waals surface area contributed by atoms with Crippen LogP contribution >= 0.6 is 0 Å². The predicted molar refractivity (Wildman–Crippen MR) is 69.4 cm³/mol. The van der Waals surface area contributed by atoms with E-state index in [9.17, 15) is 8.42 Å². The zero-order chi connectivity index (χ0) is 13.9. The van der Waals surface area contributed by atoms with Crippen LogP contribution in [0.3, 0.4) is 0 Å². The highest BCUT2D eigenvalue weighted by Gasteiger charge is 2.16. The van der Waals surface area contributed by atoms with Crippen LogP contribution in [0, 0.1) is 0 Å². The Morgan fingerprint density at radius 1 is 1.32 bits per heavy atom. The molecule has 3 N–H and O–H groups in total. The van der Waals surface area contributed by atoms with Crippen LogP contribution in [0.25, 0.3) is 0 Å². The van der Waals surface area contributed by atoms with Crippen LogP contribution in [0.2, 0.25) is 0 Å². The number of sulfonamides is 1. The molecule has 19 heavy (non-hydrogen) atoms. The SMILES string of the molecule is Cn1nnc(NS(=O)(=O)Cc2ccccc2CN)n1. The smallest absolute Gasteiger partial charge is 0.276 e. The zero-order valence-electron chi connectivity index (χ0n) is 10.3. The van der Waals surface area contributed by atoms with Crippen molar-refractivity contribution in [1.29, 1.82) is 0 Å². The number of hydrogen-bond acceptors (Lipinski definition) is 6. The fourth-order valence-electron chi connectivity index (χ4n) is 1.60. The summed E-state index contributed by atoms with van der Waals surface area (Å²) in [5.41, 5.74) is 7.02. The van der Waals surface area contributed by atoms with Gasteiger partial charge in [0.25, 0.3) is 5.95 Å². The van der Waals surface area contributed by atoms with Crippen molar-refractivity contribution in [2.45, 2.75) is 12.3 Å². The summed E-state index contributed by atoms with van der Waals surface area (Å²) >= 11 is 0. The van der Waals surface area contributed by atoms with Gasteiger partial charge < -0.3 is 5.73 Å². The van der Waals surface area contributed by atoms with Crippen molar-refractivity contribution in [1.82, 2.24) is 20.2 Å². The highest BCUT2D eigenvalue weighted by Crippen LogP contribution is 2.13. The Kier molecular flexibility index (Phi) is 3.76. The summed E-state index contributed by atoms with van der Waals surface area (Å²) in [6.45, 7) is 0.287. The first-order valence-corrected chi connectivity index (χ1v) is 7.17. The lowest BCUT2D eigenvalue weighted by Crippen LogP contribution is -2.17. The molecule has 0 aliphatic heterocycles. The minimum absolute atomic E-state index is 0.0484. The van der Waals surface area contributed by atoms with E-state index in [1.54, 1.807) is 25.2 Å². The predicted octanol–water partition coefficient (Wildman–Crippen LogP) is -0.389. The number of hydrogen-bond donors (Lipinski definition) is 2. The van der Waals surface area contributed by atoms with E-state index in [1.807, 2.05) is 6.07 Å². The molecule has 102 valence electrons. The third kappa shape index (κ3) is 3.48. The second-order valence-electron chi connectivity index (χ2n) is 3.94. The Hall–Kier alpha value is -2.00.